The van der Waals surface area contributed by atoms with Crippen molar-refractivity contribution in [3.05, 3.63) is 65.9 Å². The van der Waals surface area contributed by atoms with Crippen LogP contribution in [0.3, 0.4) is 0 Å². The summed E-state index contributed by atoms with van der Waals surface area (Å²) in [5, 5.41) is 28.6. The van der Waals surface area contributed by atoms with Gasteiger partial charge in [0.25, 0.3) is 0 Å². The van der Waals surface area contributed by atoms with E-state index >= 15 is 0 Å². The van der Waals surface area contributed by atoms with E-state index in [-0.39, 0.29) is 105 Å². The number of nitrogens with one attached hydrogen (secondary N) is 1. The molecule has 304 valence electrons. The van der Waals surface area contributed by atoms with Crippen molar-refractivity contribution in [1.82, 2.24) is 9.88 Å². The fourth-order valence-electron chi connectivity index (χ4n) is 6.67. The molecule has 6 N–H and O–H groups in total. The van der Waals surface area contributed by atoms with E-state index in [0.29, 0.717) is 12.8 Å². The van der Waals surface area contributed by atoms with Crippen molar-refractivity contribution >= 4 is 34.7 Å². The molecule has 1 heterocycles. The number of phenolic OH excluding ortho intramolecular Hbond substituents is 1. The Kier molecular flexibility index (Phi) is 31.5. The second-order valence-corrected chi connectivity index (χ2v) is 14.5. The number of H-pyrrole nitrogens is 1. The Morgan fingerprint density at radius 1 is 0.643 bits per heavy atom. The average molecular weight is 798 g/mol. The number of aromatic amines is 1. The maximum Gasteiger partial charge on any atom is 1.00 e. The Labute approximate surface area is 382 Å². The standard InChI is InChI=1S/C35H56N2O4.C9H11NO3.2Na.2H/c1-3-5-7-9-11-13-15-17-19-25-33(38)37(34(39)26-20-18-16-14-12-10-8-6-4-2)32(35(40)41)27-29-28-36-31-24-22-21-23-30(29)31;10-8(9(12)13)5-6-1-3-7(11)4-2-6;;;;/h21-24,28,32,36H,3-20,25-27H2,1-2H3,(H,40,41);1-4,8,11H,5,10H2,(H,12,13);;;;/q;;2*+1;2*-1/t32-;8-;;;;/m00..../s1. The Hall–Kier alpha value is -2.18. The van der Waals surface area contributed by atoms with Crippen molar-refractivity contribution in [2.24, 2.45) is 5.73 Å². The number of nitrogens with two attached hydrogens (primary N) is 1. The molecule has 0 bridgehead atoms. The van der Waals surface area contributed by atoms with Gasteiger partial charge in [0.05, 0.1) is 0 Å². The Bertz CT molecular complexity index is 1490. The van der Waals surface area contributed by atoms with Crippen LogP contribution >= 0.6 is 0 Å². The summed E-state index contributed by atoms with van der Waals surface area (Å²) in [6.07, 6.45) is 23.0. The van der Waals surface area contributed by atoms with E-state index in [1.165, 1.54) is 76.3 Å². The molecule has 0 unspecified atom stereocenters. The first-order valence-corrected chi connectivity index (χ1v) is 20.5. The molecule has 2 aromatic carbocycles. The van der Waals surface area contributed by atoms with Gasteiger partial charge in [0.2, 0.25) is 11.8 Å². The Morgan fingerprint density at radius 2 is 1.09 bits per heavy atom. The Morgan fingerprint density at radius 3 is 1.54 bits per heavy atom. The van der Waals surface area contributed by atoms with Gasteiger partial charge in [0, 0.05) is 36.4 Å². The van der Waals surface area contributed by atoms with Crippen LogP contribution in [0.15, 0.2) is 54.7 Å². The molecule has 10 nitrogen and oxygen atoms in total. The second-order valence-electron chi connectivity index (χ2n) is 14.5. The molecule has 0 aliphatic heterocycles. The van der Waals surface area contributed by atoms with Crippen LogP contribution in [0.4, 0.5) is 0 Å². The largest absolute Gasteiger partial charge is 1.00 e. The normalized spacial score (nSPS) is 11.7. The number of hydrogen-bond acceptors (Lipinski definition) is 6. The van der Waals surface area contributed by atoms with Crippen LogP contribution in [0, 0.1) is 0 Å². The van der Waals surface area contributed by atoms with Crippen molar-refractivity contribution in [2.75, 3.05) is 0 Å². The molecular formula is C44H69N3Na2O7. The van der Waals surface area contributed by atoms with E-state index in [2.05, 4.69) is 18.8 Å². The maximum atomic E-state index is 13.4. The van der Waals surface area contributed by atoms with Crippen molar-refractivity contribution in [1.29, 1.82) is 0 Å². The number of carboxylic acids is 2. The van der Waals surface area contributed by atoms with Crippen LogP contribution in [-0.4, -0.2) is 61.0 Å². The van der Waals surface area contributed by atoms with Crippen molar-refractivity contribution in [3.63, 3.8) is 0 Å². The van der Waals surface area contributed by atoms with Crippen LogP contribution in [0.1, 0.15) is 156 Å². The van der Waals surface area contributed by atoms with Gasteiger partial charge in [-0.25, -0.2) is 4.79 Å². The number of amides is 2. The molecule has 3 rings (SSSR count). The number of carboxylic acid groups (broad SMARTS) is 2. The van der Waals surface area contributed by atoms with Gasteiger partial charge in [-0.15, -0.1) is 0 Å². The second kappa shape index (κ2) is 32.7. The van der Waals surface area contributed by atoms with Crippen LogP contribution in [0.25, 0.3) is 10.9 Å². The van der Waals surface area contributed by atoms with E-state index in [0.717, 1.165) is 65.5 Å². The molecule has 12 heteroatoms. The molecule has 56 heavy (non-hydrogen) atoms. The monoisotopic (exact) mass is 797 g/mol. The number of fused-ring (bicyclic) bond motifs is 1. The summed E-state index contributed by atoms with van der Waals surface area (Å²) in [5.74, 6) is -2.68. The third-order valence-electron chi connectivity index (χ3n) is 9.92. The van der Waals surface area contributed by atoms with E-state index in [4.69, 9.17) is 15.9 Å². The van der Waals surface area contributed by atoms with E-state index in [1.807, 2.05) is 24.3 Å². The van der Waals surface area contributed by atoms with Crippen molar-refractivity contribution in [2.45, 2.75) is 167 Å². The number of rotatable bonds is 27. The zero-order valence-electron chi connectivity index (χ0n) is 36.9. The fourth-order valence-corrected chi connectivity index (χ4v) is 6.67. The predicted molar refractivity (Wildman–Crippen MR) is 219 cm³/mol. The summed E-state index contributed by atoms with van der Waals surface area (Å²) in [6, 6.07) is 11.9. The van der Waals surface area contributed by atoms with Crippen LogP contribution < -0.4 is 64.8 Å². The minimum atomic E-state index is -1.20. The molecule has 3 aromatic rings. The van der Waals surface area contributed by atoms with Gasteiger partial charge in [0.1, 0.15) is 17.8 Å². The SMILES string of the molecule is CCCCCCCCCCCC(=O)N(C(=O)CCCCCCCCCCC)[C@@H](Cc1c[nH]c2ccccc12)C(=O)O.N[C@@H](Cc1ccc(O)cc1)C(=O)O.[H-].[H-].[Na+].[Na+]. The molecule has 2 amide bonds. The van der Waals surface area contributed by atoms with Gasteiger partial charge >= 0.3 is 71.1 Å². The summed E-state index contributed by atoms with van der Waals surface area (Å²) >= 11 is 0. The van der Waals surface area contributed by atoms with Crippen LogP contribution in [0.2, 0.25) is 0 Å². The number of nitrogens with zero attached hydrogens (tertiary/aromatic N) is 1. The third-order valence-corrected chi connectivity index (χ3v) is 9.92. The van der Waals surface area contributed by atoms with Gasteiger partial charge < -0.3 is 28.9 Å². The van der Waals surface area contributed by atoms with Gasteiger partial charge in [-0.3, -0.25) is 19.3 Å². The molecule has 2 atom stereocenters. The summed E-state index contributed by atoms with van der Waals surface area (Å²) in [7, 11) is 0. The van der Waals surface area contributed by atoms with E-state index in [1.54, 1.807) is 18.3 Å². The molecule has 0 fully saturated rings. The van der Waals surface area contributed by atoms with Gasteiger partial charge in [0.15, 0.2) is 0 Å². The first-order valence-electron chi connectivity index (χ1n) is 20.5. The van der Waals surface area contributed by atoms with Gasteiger partial charge in [-0.1, -0.05) is 147 Å². The molecule has 0 radical (unpaired) electrons. The van der Waals surface area contributed by atoms with Crippen LogP contribution in [-0.2, 0) is 32.0 Å². The minimum Gasteiger partial charge on any atom is -1.00 e. The fraction of sp³-hybridized carbons (Fsp3) is 0.591. The van der Waals surface area contributed by atoms with Crippen molar-refractivity contribution in [3.8, 4) is 5.75 Å². The number of imide groups is 1. The third kappa shape index (κ3) is 22.1. The summed E-state index contributed by atoms with van der Waals surface area (Å²) in [6.45, 7) is 4.44. The molecule has 0 saturated carbocycles. The number of para-hydroxylation sites is 1. The van der Waals surface area contributed by atoms with Crippen molar-refractivity contribution < 1.29 is 96.5 Å². The van der Waals surface area contributed by atoms with E-state index < -0.39 is 24.0 Å². The van der Waals surface area contributed by atoms with Gasteiger partial charge in [-0.05, 0) is 48.6 Å². The first kappa shape index (κ1) is 53.8. The number of carbonyl (C=O) groups excluding carboxylic acids is 2. The molecule has 0 aliphatic carbocycles. The smallest absolute Gasteiger partial charge is 1.00 e. The Balaban J connectivity index is -0.00000152. The van der Waals surface area contributed by atoms with Crippen LogP contribution in [0.5, 0.6) is 5.75 Å². The maximum absolute atomic E-state index is 13.4. The molecular weight excluding hydrogens is 728 g/mol. The van der Waals surface area contributed by atoms with E-state index in [9.17, 15) is 24.3 Å². The summed E-state index contributed by atoms with van der Waals surface area (Å²) in [5.41, 5.74) is 7.85. The number of hydrogen-bond donors (Lipinski definition) is 5. The number of unbranched alkanes of at least 4 members (excludes halogenated alkanes) is 16. The number of benzene rings is 2. The first-order chi connectivity index (χ1) is 26.1. The number of aromatic hydroxyl groups is 1. The topological polar surface area (TPSA) is 174 Å². The molecule has 0 saturated heterocycles. The summed E-state index contributed by atoms with van der Waals surface area (Å²) < 4.78 is 0. The summed E-state index contributed by atoms with van der Waals surface area (Å²) in [4.78, 5) is 54.0. The minimum absolute atomic E-state index is 0. The number of aliphatic carboxylic acids is 2. The number of carbonyl (C=O) groups is 4. The molecule has 0 aliphatic rings. The zero-order chi connectivity index (χ0) is 39.6. The quantitative estimate of drug-likeness (QED) is 0.0570. The van der Waals surface area contributed by atoms with Gasteiger partial charge in [-0.2, -0.15) is 0 Å². The predicted octanol–water partition coefficient (Wildman–Crippen LogP) is 3.94. The number of aromatic nitrogens is 1. The zero-order valence-corrected chi connectivity index (χ0v) is 38.9. The molecule has 0 spiro atoms. The number of phenols is 1. The molecule has 1 aromatic heterocycles. The average Bonchev–Trinajstić information content (AvgIpc) is 3.57.